The number of ether oxygens (including phenoxy) is 1. The third-order valence-electron chi connectivity index (χ3n) is 3.42. The van der Waals surface area contributed by atoms with Crippen LogP contribution >= 0.6 is 22.6 Å². The number of anilines is 1. The van der Waals surface area contributed by atoms with Gasteiger partial charge in [0.25, 0.3) is 5.91 Å². The summed E-state index contributed by atoms with van der Waals surface area (Å²) in [5, 5.41) is 3.56. The van der Waals surface area contributed by atoms with Crippen LogP contribution in [-0.2, 0) is 4.79 Å². The molecule has 0 aliphatic heterocycles. The first-order chi connectivity index (χ1) is 11.5. The summed E-state index contributed by atoms with van der Waals surface area (Å²) in [5.41, 5.74) is 1.41. The highest BCUT2D eigenvalue weighted by molar-refractivity contribution is 14.1. The molecule has 0 spiro atoms. The van der Waals surface area contributed by atoms with Crippen molar-refractivity contribution in [3.63, 3.8) is 0 Å². The lowest BCUT2D eigenvalue weighted by molar-refractivity contribution is -0.118. The first-order valence-corrected chi connectivity index (χ1v) is 8.32. The Hall–Kier alpha value is -2.35. The first-order valence-electron chi connectivity index (χ1n) is 7.24. The molecule has 1 N–H and O–H groups in total. The molecule has 0 atom stereocenters. The summed E-state index contributed by atoms with van der Waals surface area (Å²) in [6, 6.07) is 14.1. The van der Waals surface area contributed by atoms with Gasteiger partial charge in [0, 0.05) is 26.8 Å². The van der Waals surface area contributed by atoms with Crippen molar-refractivity contribution in [3.05, 3.63) is 68.1 Å². The monoisotopic (exact) mass is 435 g/mol. The molecule has 0 bridgehead atoms. The van der Waals surface area contributed by atoms with E-state index in [0.29, 0.717) is 17.0 Å². The van der Waals surface area contributed by atoms with E-state index in [9.17, 15) is 9.59 Å². The summed E-state index contributed by atoms with van der Waals surface area (Å²) in [6.45, 7) is 1.74. The van der Waals surface area contributed by atoms with Crippen molar-refractivity contribution in [1.82, 2.24) is 0 Å². The number of fused-ring (bicyclic) bond motifs is 1. The van der Waals surface area contributed by atoms with Crippen molar-refractivity contribution in [2.45, 2.75) is 6.92 Å². The van der Waals surface area contributed by atoms with Crippen molar-refractivity contribution >= 4 is 45.2 Å². The van der Waals surface area contributed by atoms with E-state index in [2.05, 4.69) is 27.9 Å². The van der Waals surface area contributed by atoms with Gasteiger partial charge in [-0.25, -0.2) is 4.79 Å². The van der Waals surface area contributed by atoms with Crippen LogP contribution in [0.3, 0.4) is 0 Å². The third-order valence-corrected chi connectivity index (χ3v) is 4.14. The van der Waals surface area contributed by atoms with Crippen molar-refractivity contribution in [3.8, 4) is 5.75 Å². The van der Waals surface area contributed by atoms with Gasteiger partial charge in [-0.3, -0.25) is 4.79 Å². The molecule has 3 aromatic rings. The second-order valence-corrected chi connectivity index (χ2v) is 6.50. The highest BCUT2D eigenvalue weighted by Crippen LogP contribution is 2.20. The molecule has 0 aliphatic rings. The Morgan fingerprint density at radius 2 is 1.92 bits per heavy atom. The predicted molar refractivity (Wildman–Crippen MR) is 101 cm³/mol. The van der Waals surface area contributed by atoms with Crippen LogP contribution in [0.2, 0.25) is 0 Å². The molecule has 1 amide bonds. The lowest BCUT2D eigenvalue weighted by Gasteiger charge is -2.08. The van der Waals surface area contributed by atoms with Crippen molar-refractivity contribution in [2.24, 2.45) is 0 Å². The minimum absolute atomic E-state index is 0.101. The molecular weight excluding hydrogens is 421 g/mol. The molecule has 0 fully saturated rings. The van der Waals surface area contributed by atoms with E-state index in [1.54, 1.807) is 12.1 Å². The summed E-state index contributed by atoms with van der Waals surface area (Å²) >= 11 is 2.20. The van der Waals surface area contributed by atoms with E-state index in [0.717, 1.165) is 14.5 Å². The largest absolute Gasteiger partial charge is 0.484 e. The van der Waals surface area contributed by atoms with Crippen LogP contribution in [0.15, 0.2) is 57.7 Å². The van der Waals surface area contributed by atoms with Crippen LogP contribution in [0.5, 0.6) is 5.75 Å². The summed E-state index contributed by atoms with van der Waals surface area (Å²) in [4.78, 5) is 23.4. The Morgan fingerprint density at radius 3 is 2.67 bits per heavy atom. The van der Waals surface area contributed by atoms with Crippen LogP contribution in [0, 0.1) is 10.5 Å². The summed E-state index contributed by atoms with van der Waals surface area (Å²) in [5.74, 6) is 0.341. The standard InChI is InChI=1S/C18H14INO4/c1-11-8-18(22)24-16-9-13(4-7-15(11)16)20-17(21)10-23-14-5-2-12(19)3-6-14/h2-9H,10H2,1H3,(H,20,21). The number of benzene rings is 2. The number of hydrogen-bond donors (Lipinski definition) is 1. The fraction of sp³-hybridized carbons (Fsp3) is 0.111. The SMILES string of the molecule is Cc1cc(=O)oc2cc(NC(=O)COc3ccc(I)cc3)ccc12. The number of amides is 1. The minimum Gasteiger partial charge on any atom is -0.484 e. The van der Waals surface area contributed by atoms with Crippen LogP contribution in [0.4, 0.5) is 5.69 Å². The maximum atomic E-state index is 12.0. The molecule has 6 heteroatoms. The second kappa shape index (κ2) is 7.04. The number of nitrogens with one attached hydrogen (secondary N) is 1. The zero-order chi connectivity index (χ0) is 17.1. The lowest BCUT2D eigenvalue weighted by Crippen LogP contribution is -2.20. The smallest absolute Gasteiger partial charge is 0.336 e. The summed E-state index contributed by atoms with van der Waals surface area (Å²) in [6.07, 6.45) is 0. The summed E-state index contributed by atoms with van der Waals surface area (Å²) < 4.78 is 11.7. The van der Waals surface area contributed by atoms with Gasteiger partial charge in [0.05, 0.1) is 0 Å². The number of halogens is 1. The molecule has 2 aromatic carbocycles. The predicted octanol–water partition coefficient (Wildman–Crippen LogP) is 3.72. The quantitative estimate of drug-likeness (QED) is 0.501. The average molecular weight is 435 g/mol. The Bertz CT molecular complexity index is 947. The van der Waals surface area contributed by atoms with Gasteiger partial charge in [0.15, 0.2) is 6.61 Å². The van der Waals surface area contributed by atoms with E-state index in [1.165, 1.54) is 6.07 Å². The van der Waals surface area contributed by atoms with E-state index in [-0.39, 0.29) is 12.5 Å². The molecule has 24 heavy (non-hydrogen) atoms. The second-order valence-electron chi connectivity index (χ2n) is 5.25. The van der Waals surface area contributed by atoms with Crippen LogP contribution in [-0.4, -0.2) is 12.5 Å². The molecule has 122 valence electrons. The summed E-state index contributed by atoms with van der Waals surface area (Å²) in [7, 11) is 0. The molecule has 0 radical (unpaired) electrons. The zero-order valence-corrected chi connectivity index (χ0v) is 15.0. The third kappa shape index (κ3) is 3.94. The highest BCUT2D eigenvalue weighted by Gasteiger charge is 2.07. The molecule has 5 nitrogen and oxygen atoms in total. The molecule has 0 unspecified atom stereocenters. The van der Waals surface area contributed by atoms with E-state index in [1.807, 2.05) is 37.3 Å². The van der Waals surface area contributed by atoms with Gasteiger partial charge in [-0.15, -0.1) is 0 Å². The number of carbonyl (C=O) groups excluding carboxylic acids is 1. The van der Waals surface area contributed by atoms with Gasteiger partial charge in [-0.1, -0.05) is 0 Å². The molecule has 0 saturated heterocycles. The van der Waals surface area contributed by atoms with Gasteiger partial charge < -0.3 is 14.5 Å². The van der Waals surface area contributed by atoms with Crippen molar-refractivity contribution in [1.29, 1.82) is 0 Å². The number of aryl methyl sites for hydroxylation is 1. The number of hydrogen-bond acceptors (Lipinski definition) is 4. The van der Waals surface area contributed by atoms with Crippen LogP contribution < -0.4 is 15.7 Å². The fourth-order valence-electron chi connectivity index (χ4n) is 2.28. The van der Waals surface area contributed by atoms with Crippen LogP contribution in [0.1, 0.15) is 5.56 Å². The Balaban J connectivity index is 1.69. The number of carbonyl (C=O) groups is 1. The number of rotatable bonds is 4. The van der Waals surface area contributed by atoms with Crippen LogP contribution in [0.25, 0.3) is 11.0 Å². The minimum atomic E-state index is -0.412. The maximum Gasteiger partial charge on any atom is 0.336 e. The normalized spacial score (nSPS) is 10.6. The van der Waals surface area contributed by atoms with E-state index < -0.39 is 5.63 Å². The Labute approximate surface area is 151 Å². The molecule has 0 saturated carbocycles. The Morgan fingerprint density at radius 1 is 1.17 bits per heavy atom. The molecule has 3 rings (SSSR count). The van der Waals surface area contributed by atoms with Gasteiger partial charge in [-0.2, -0.15) is 0 Å². The average Bonchev–Trinajstić information content (AvgIpc) is 2.54. The fourth-order valence-corrected chi connectivity index (χ4v) is 2.64. The van der Waals surface area contributed by atoms with Crippen molar-refractivity contribution < 1.29 is 13.9 Å². The van der Waals surface area contributed by atoms with E-state index in [4.69, 9.17) is 9.15 Å². The topological polar surface area (TPSA) is 68.5 Å². The molecule has 1 heterocycles. The Kier molecular flexibility index (Phi) is 4.84. The first kappa shape index (κ1) is 16.5. The van der Waals surface area contributed by atoms with E-state index >= 15 is 0 Å². The maximum absolute atomic E-state index is 12.0. The molecule has 1 aromatic heterocycles. The molecular formula is C18H14INO4. The highest BCUT2D eigenvalue weighted by atomic mass is 127. The van der Waals surface area contributed by atoms with Gasteiger partial charge in [-0.05, 0) is 71.5 Å². The zero-order valence-electron chi connectivity index (χ0n) is 12.8. The van der Waals surface area contributed by atoms with Crippen molar-refractivity contribution in [2.75, 3.05) is 11.9 Å². The van der Waals surface area contributed by atoms with Gasteiger partial charge in [0.2, 0.25) is 0 Å². The lowest BCUT2D eigenvalue weighted by atomic mass is 10.1. The molecule has 0 aliphatic carbocycles. The van der Waals surface area contributed by atoms with Gasteiger partial charge >= 0.3 is 5.63 Å². The van der Waals surface area contributed by atoms with Gasteiger partial charge in [0.1, 0.15) is 11.3 Å².